The Labute approximate surface area is 229 Å². The van der Waals surface area contributed by atoms with Crippen molar-refractivity contribution in [3.63, 3.8) is 0 Å². The van der Waals surface area contributed by atoms with Crippen molar-refractivity contribution in [2.45, 2.75) is 27.2 Å². The predicted octanol–water partition coefficient (Wildman–Crippen LogP) is 6.28. The van der Waals surface area contributed by atoms with Crippen LogP contribution < -0.4 is 10.2 Å². The molecule has 0 atom stereocenters. The smallest absolute Gasteiger partial charge is 0.135 e. The van der Waals surface area contributed by atoms with Crippen molar-refractivity contribution in [1.82, 2.24) is 30.0 Å². The maximum absolute atomic E-state index is 5.03. The fraction of sp³-hybridized carbons (Fsp3) is 0.323. The number of H-pyrrole nitrogens is 2. The number of piperazine rings is 1. The first kappa shape index (κ1) is 25.1. The lowest BCUT2D eigenvalue weighted by molar-refractivity contribution is 0.313. The van der Waals surface area contributed by atoms with E-state index in [1.807, 2.05) is 24.5 Å². The van der Waals surface area contributed by atoms with E-state index >= 15 is 0 Å². The fourth-order valence-corrected chi connectivity index (χ4v) is 5.37. The van der Waals surface area contributed by atoms with Crippen LogP contribution in [0.4, 0.5) is 11.4 Å². The van der Waals surface area contributed by atoms with Crippen LogP contribution in [-0.4, -0.2) is 63.3 Å². The first-order chi connectivity index (χ1) is 18.7. The van der Waals surface area contributed by atoms with Crippen LogP contribution in [0.2, 0.25) is 0 Å². The zero-order chi connectivity index (χ0) is 27.1. The van der Waals surface area contributed by atoms with Crippen LogP contribution in [0, 0.1) is 5.41 Å². The molecule has 1 saturated heterocycles. The van der Waals surface area contributed by atoms with Gasteiger partial charge in [-0.25, -0.2) is 4.98 Å². The van der Waals surface area contributed by atoms with Gasteiger partial charge in [0, 0.05) is 60.2 Å². The maximum atomic E-state index is 5.03. The van der Waals surface area contributed by atoms with Crippen molar-refractivity contribution in [3.8, 4) is 22.6 Å². The molecule has 0 bridgehead atoms. The van der Waals surface area contributed by atoms with E-state index in [1.54, 1.807) is 0 Å². The molecule has 0 spiro atoms. The third kappa shape index (κ3) is 5.25. The molecule has 0 saturated carbocycles. The Morgan fingerprint density at radius 3 is 2.64 bits per heavy atom. The number of rotatable bonds is 6. The molecule has 1 aromatic carbocycles. The highest BCUT2D eigenvalue weighted by molar-refractivity contribution is 5.99. The van der Waals surface area contributed by atoms with Crippen LogP contribution in [0.25, 0.3) is 44.6 Å². The third-order valence-corrected chi connectivity index (χ3v) is 7.25. The molecule has 200 valence electrons. The molecule has 1 aliphatic heterocycles. The fourth-order valence-electron chi connectivity index (χ4n) is 5.37. The zero-order valence-corrected chi connectivity index (χ0v) is 23.2. The van der Waals surface area contributed by atoms with Gasteiger partial charge in [-0.1, -0.05) is 33.4 Å². The molecular formula is C31H36N8. The molecule has 39 heavy (non-hydrogen) atoms. The number of fused-ring (bicyclic) bond motifs is 2. The monoisotopic (exact) mass is 520 g/mol. The Kier molecular flexibility index (Phi) is 6.35. The Balaban J connectivity index is 1.32. The van der Waals surface area contributed by atoms with Gasteiger partial charge in [-0.05, 0) is 55.3 Å². The second-order valence-corrected chi connectivity index (χ2v) is 11.8. The number of aromatic amines is 2. The van der Waals surface area contributed by atoms with Crippen LogP contribution in [0.1, 0.15) is 27.2 Å². The van der Waals surface area contributed by atoms with Crippen LogP contribution in [0.15, 0.2) is 67.1 Å². The van der Waals surface area contributed by atoms with E-state index in [-0.39, 0.29) is 5.41 Å². The van der Waals surface area contributed by atoms with Crippen molar-refractivity contribution in [2.75, 3.05) is 43.4 Å². The highest BCUT2D eigenvalue weighted by Gasteiger charge is 2.19. The highest BCUT2D eigenvalue weighted by Crippen LogP contribution is 2.34. The Morgan fingerprint density at radius 1 is 1.03 bits per heavy atom. The van der Waals surface area contributed by atoms with Crippen molar-refractivity contribution >= 4 is 33.3 Å². The number of nitrogens with zero attached hydrogens (tertiary/aromatic N) is 5. The summed E-state index contributed by atoms with van der Waals surface area (Å²) < 4.78 is 0. The van der Waals surface area contributed by atoms with Gasteiger partial charge >= 0.3 is 0 Å². The van der Waals surface area contributed by atoms with Crippen LogP contribution in [0.3, 0.4) is 0 Å². The summed E-state index contributed by atoms with van der Waals surface area (Å²) in [5.74, 6) is 0. The van der Waals surface area contributed by atoms with E-state index in [9.17, 15) is 0 Å². The summed E-state index contributed by atoms with van der Waals surface area (Å²) in [6.45, 7) is 15.0. The van der Waals surface area contributed by atoms with E-state index in [0.29, 0.717) is 0 Å². The molecule has 1 fully saturated rings. The number of pyridine rings is 2. The summed E-state index contributed by atoms with van der Waals surface area (Å²) in [6, 6.07) is 14.8. The predicted molar refractivity (Wildman–Crippen MR) is 161 cm³/mol. The second-order valence-electron chi connectivity index (χ2n) is 11.8. The van der Waals surface area contributed by atoms with E-state index in [2.05, 4.69) is 100 Å². The van der Waals surface area contributed by atoms with Crippen LogP contribution >= 0.6 is 0 Å². The minimum atomic E-state index is 0.160. The van der Waals surface area contributed by atoms with E-state index in [4.69, 9.17) is 4.98 Å². The summed E-state index contributed by atoms with van der Waals surface area (Å²) in [5, 5.41) is 12.4. The molecule has 3 N–H and O–H groups in total. The Hall–Kier alpha value is -4.17. The van der Waals surface area contributed by atoms with Gasteiger partial charge in [0.2, 0.25) is 0 Å². The summed E-state index contributed by atoms with van der Waals surface area (Å²) >= 11 is 0. The molecule has 0 unspecified atom stereocenters. The zero-order valence-electron chi connectivity index (χ0n) is 23.2. The van der Waals surface area contributed by atoms with Gasteiger partial charge in [-0.2, -0.15) is 5.10 Å². The van der Waals surface area contributed by atoms with Crippen molar-refractivity contribution in [3.05, 3.63) is 67.1 Å². The van der Waals surface area contributed by atoms with Gasteiger partial charge in [-0.3, -0.25) is 10.1 Å². The van der Waals surface area contributed by atoms with Crippen molar-refractivity contribution in [2.24, 2.45) is 5.41 Å². The molecule has 4 aromatic heterocycles. The number of allylic oxidation sites excluding steroid dienone is 1. The number of anilines is 2. The van der Waals surface area contributed by atoms with E-state index in [1.165, 1.54) is 11.1 Å². The van der Waals surface area contributed by atoms with Gasteiger partial charge in [0.1, 0.15) is 11.2 Å². The average molecular weight is 521 g/mol. The molecule has 0 aliphatic carbocycles. The number of nitrogens with one attached hydrogen (secondary N) is 3. The summed E-state index contributed by atoms with van der Waals surface area (Å²) in [4.78, 5) is 17.9. The molecule has 0 radical (unpaired) electrons. The lowest BCUT2D eigenvalue weighted by Crippen LogP contribution is -2.44. The molecule has 1 aliphatic rings. The number of benzene rings is 1. The third-order valence-electron chi connectivity index (χ3n) is 7.25. The van der Waals surface area contributed by atoms with Crippen molar-refractivity contribution < 1.29 is 0 Å². The quantitative estimate of drug-likeness (QED) is 0.244. The van der Waals surface area contributed by atoms with Gasteiger partial charge < -0.3 is 20.1 Å². The van der Waals surface area contributed by atoms with Crippen molar-refractivity contribution in [1.29, 1.82) is 0 Å². The normalized spacial score (nSPS) is 14.8. The number of hydrogen-bond donors (Lipinski definition) is 3. The summed E-state index contributed by atoms with van der Waals surface area (Å²) in [7, 11) is 2.18. The summed E-state index contributed by atoms with van der Waals surface area (Å²) in [5.41, 5.74) is 9.68. The Morgan fingerprint density at radius 2 is 1.85 bits per heavy atom. The number of aromatic nitrogens is 5. The molecule has 8 nitrogen and oxygen atoms in total. The van der Waals surface area contributed by atoms with Crippen LogP contribution in [-0.2, 0) is 0 Å². The molecule has 5 heterocycles. The minimum Gasteiger partial charge on any atom is -0.368 e. The molecule has 5 aromatic rings. The highest BCUT2D eigenvalue weighted by atomic mass is 15.2. The largest absolute Gasteiger partial charge is 0.368 e. The lowest BCUT2D eigenvalue weighted by Gasteiger charge is -2.34. The first-order valence-electron chi connectivity index (χ1n) is 13.5. The molecule has 8 heteroatoms. The lowest BCUT2D eigenvalue weighted by atomic mass is 9.91. The van der Waals surface area contributed by atoms with E-state index in [0.717, 1.165) is 83.2 Å². The first-order valence-corrected chi connectivity index (χ1v) is 13.5. The number of likely N-dealkylation sites (N-methyl/N-ethyl adjacent to an activating group) is 1. The van der Waals surface area contributed by atoms with Gasteiger partial charge in [0.25, 0.3) is 0 Å². The summed E-state index contributed by atoms with van der Waals surface area (Å²) in [6.07, 6.45) is 4.54. The molecular weight excluding hydrogens is 484 g/mol. The minimum absolute atomic E-state index is 0.160. The van der Waals surface area contributed by atoms with Gasteiger partial charge in [-0.15, -0.1) is 0 Å². The topological polar surface area (TPSA) is 88.8 Å². The molecule has 0 amide bonds. The average Bonchev–Trinajstić information content (AvgIpc) is 3.52. The second kappa shape index (κ2) is 9.85. The Bertz CT molecular complexity index is 1650. The van der Waals surface area contributed by atoms with Gasteiger partial charge in [0.15, 0.2) is 0 Å². The SMILES string of the molecule is C=C(CC(C)(C)C)Nc1cncc(-c2ccc3[nH]nc(-c4cc5c(N6CCN(C)CC6)cccc5[nH]4)c3n2)c1. The van der Waals surface area contributed by atoms with Gasteiger partial charge in [0.05, 0.1) is 28.8 Å². The van der Waals surface area contributed by atoms with E-state index < -0.39 is 0 Å². The standard InChI is InChI=1S/C31H36N8/c1-20(17-31(2,3)4)33-22-15-21(18-32-19-22)24-9-10-26-29(35-24)30(37-36-26)27-16-23-25(34-27)7-6-8-28(23)39-13-11-38(5)12-14-39/h6-10,15-16,18-19,33-34H,1,11-14,17H2,2-5H3,(H,36,37). The number of hydrogen-bond acceptors (Lipinski definition) is 6. The van der Waals surface area contributed by atoms with Crippen LogP contribution in [0.5, 0.6) is 0 Å². The molecule has 6 rings (SSSR count). The maximum Gasteiger partial charge on any atom is 0.135 e.